The molecule has 1 saturated carbocycles. The van der Waals surface area contributed by atoms with Gasteiger partial charge < -0.3 is 9.53 Å². The van der Waals surface area contributed by atoms with E-state index in [4.69, 9.17) is 0 Å². The Morgan fingerprint density at radius 2 is 2.15 bits per heavy atom. The Kier molecular flexibility index (Phi) is 3.93. The lowest BCUT2D eigenvalue weighted by molar-refractivity contribution is -0.143. The number of rotatable bonds is 4. The molecule has 74 valence electrons. The highest BCUT2D eigenvalue weighted by molar-refractivity contribution is 5.73. The van der Waals surface area contributed by atoms with Gasteiger partial charge in [-0.05, 0) is 18.8 Å². The second-order valence-corrected chi connectivity index (χ2v) is 3.62. The van der Waals surface area contributed by atoms with Gasteiger partial charge in [-0.25, -0.2) is 0 Å². The summed E-state index contributed by atoms with van der Waals surface area (Å²) in [5.74, 6) is 0.0237. The van der Waals surface area contributed by atoms with Crippen molar-refractivity contribution in [3.63, 3.8) is 0 Å². The van der Waals surface area contributed by atoms with Gasteiger partial charge in [-0.1, -0.05) is 12.8 Å². The summed E-state index contributed by atoms with van der Waals surface area (Å²) in [4.78, 5) is 21.7. The van der Waals surface area contributed by atoms with Crippen LogP contribution in [0.1, 0.15) is 32.1 Å². The van der Waals surface area contributed by atoms with Crippen molar-refractivity contribution >= 4 is 12.3 Å². The molecule has 1 aliphatic rings. The number of carbonyl (C=O) groups excluding carboxylic acids is 2. The van der Waals surface area contributed by atoms with Crippen LogP contribution in [0.15, 0.2) is 0 Å². The van der Waals surface area contributed by atoms with E-state index in [1.54, 1.807) is 0 Å². The van der Waals surface area contributed by atoms with Crippen LogP contribution >= 0.6 is 0 Å². The Morgan fingerprint density at radius 3 is 2.62 bits per heavy atom. The van der Waals surface area contributed by atoms with Crippen molar-refractivity contribution in [3.05, 3.63) is 0 Å². The molecule has 0 N–H and O–H groups in total. The van der Waals surface area contributed by atoms with Crippen LogP contribution in [0.4, 0.5) is 0 Å². The number of methoxy groups -OCH3 is 1. The molecule has 0 heterocycles. The first-order valence-corrected chi connectivity index (χ1v) is 4.80. The van der Waals surface area contributed by atoms with Gasteiger partial charge in [0.1, 0.15) is 6.29 Å². The fraction of sp³-hybridized carbons (Fsp3) is 0.800. The van der Waals surface area contributed by atoms with Crippen LogP contribution in [0.2, 0.25) is 0 Å². The number of ether oxygens (including phenoxy) is 1. The van der Waals surface area contributed by atoms with Crippen molar-refractivity contribution < 1.29 is 14.3 Å². The second kappa shape index (κ2) is 5.00. The number of hydrogen-bond donors (Lipinski definition) is 0. The second-order valence-electron chi connectivity index (χ2n) is 3.62. The van der Waals surface area contributed by atoms with E-state index < -0.39 is 0 Å². The smallest absolute Gasteiger partial charge is 0.306 e. The summed E-state index contributed by atoms with van der Waals surface area (Å²) in [5, 5.41) is 0. The van der Waals surface area contributed by atoms with E-state index in [2.05, 4.69) is 4.74 Å². The van der Waals surface area contributed by atoms with Crippen molar-refractivity contribution in [2.45, 2.75) is 32.1 Å². The molecule has 0 saturated heterocycles. The van der Waals surface area contributed by atoms with Crippen LogP contribution < -0.4 is 0 Å². The molecule has 1 atom stereocenters. The molecular weight excluding hydrogens is 168 g/mol. The summed E-state index contributed by atoms with van der Waals surface area (Å²) in [7, 11) is 1.36. The lowest BCUT2D eigenvalue weighted by atomic mass is 9.89. The molecule has 0 spiro atoms. The molecule has 1 unspecified atom stereocenters. The Labute approximate surface area is 78.5 Å². The number of aldehydes is 1. The molecule has 1 aliphatic carbocycles. The van der Waals surface area contributed by atoms with E-state index >= 15 is 0 Å². The van der Waals surface area contributed by atoms with Gasteiger partial charge in [-0.2, -0.15) is 0 Å². The SMILES string of the molecule is COC(=O)CC(C=O)C1CCCC1. The molecule has 13 heavy (non-hydrogen) atoms. The normalized spacial score (nSPS) is 19.8. The number of carbonyl (C=O) groups is 2. The number of esters is 1. The van der Waals surface area contributed by atoms with Gasteiger partial charge in [-0.3, -0.25) is 4.79 Å². The van der Waals surface area contributed by atoms with Gasteiger partial charge in [0.2, 0.25) is 0 Å². The molecule has 1 fully saturated rings. The quantitative estimate of drug-likeness (QED) is 0.492. The highest BCUT2D eigenvalue weighted by atomic mass is 16.5. The third-order valence-corrected chi connectivity index (χ3v) is 2.81. The van der Waals surface area contributed by atoms with Gasteiger partial charge >= 0.3 is 5.97 Å². The van der Waals surface area contributed by atoms with E-state index in [0.29, 0.717) is 5.92 Å². The lowest BCUT2D eigenvalue weighted by Gasteiger charge is -2.15. The Bertz CT molecular complexity index is 183. The molecule has 3 nitrogen and oxygen atoms in total. The first-order valence-electron chi connectivity index (χ1n) is 4.80. The molecule has 0 aromatic carbocycles. The monoisotopic (exact) mass is 184 g/mol. The van der Waals surface area contributed by atoms with E-state index in [1.807, 2.05) is 0 Å². The standard InChI is InChI=1S/C10H16O3/c1-13-10(12)6-9(7-11)8-4-2-3-5-8/h7-9H,2-6H2,1H3. The van der Waals surface area contributed by atoms with Crippen molar-refractivity contribution in [1.29, 1.82) is 0 Å². The van der Waals surface area contributed by atoms with E-state index in [1.165, 1.54) is 20.0 Å². The van der Waals surface area contributed by atoms with Crippen LogP contribution in [-0.4, -0.2) is 19.4 Å². The minimum Gasteiger partial charge on any atom is -0.469 e. The van der Waals surface area contributed by atoms with Crippen molar-refractivity contribution in [2.75, 3.05) is 7.11 Å². The van der Waals surface area contributed by atoms with E-state index in [0.717, 1.165) is 19.1 Å². The maximum atomic E-state index is 11.0. The van der Waals surface area contributed by atoms with E-state index in [9.17, 15) is 9.59 Å². The highest BCUT2D eigenvalue weighted by Gasteiger charge is 2.26. The average Bonchev–Trinajstić information content (AvgIpc) is 2.66. The van der Waals surface area contributed by atoms with Gasteiger partial charge in [0.05, 0.1) is 13.5 Å². The topological polar surface area (TPSA) is 43.4 Å². The highest BCUT2D eigenvalue weighted by Crippen LogP contribution is 2.32. The van der Waals surface area contributed by atoms with E-state index in [-0.39, 0.29) is 18.3 Å². The average molecular weight is 184 g/mol. The zero-order valence-corrected chi connectivity index (χ0v) is 7.99. The van der Waals surface area contributed by atoms with Gasteiger partial charge in [0.25, 0.3) is 0 Å². The third kappa shape index (κ3) is 2.83. The molecule has 1 rings (SSSR count). The molecule has 0 bridgehead atoms. The Morgan fingerprint density at radius 1 is 1.54 bits per heavy atom. The molecule has 0 amide bonds. The third-order valence-electron chi connectivity index (χ3n) is 2.81. The van der Waals surface area contributed by atoms with Crippen molar-refractivity contribution in [3.8, 4) is 0 Å². The lowest BCUT2D eigenvalue weighted by Crippen LogP contribution is -2.18. The predicted molar refractivity (Wildman–Crippen MR) is 48.1 cm³/mol. The Balaban J connectivity index is 2.41. The van der Waals surface area contributed by atoms with Crippen LogP contribution in [0.5, 0.6) is 0 Å². The molecule has 0 aliphatic heterocycles. The predicted octanol–water partition coefficient (Wildman–Crippen LogP) is 1.55. The van der Waals surface area contributed by atoms with Gasteiger partial charge in [0.15, 0.2) is 0 Å². The van der Waals surface area contributed by atoms with Crippen LogP contribution in [-0.2, 0) is 14.3 Å². The maximum Gasteiger partial charge on any atom is 0.306 e. The zero-order chi connectivity index (χ0) is 9.68. The van der Waals surface area contributed by atoms with Crippen LogP contribution in [0, 0.1) is 11.8 Å². The Hall–Kier alpha value is -0.860. The first-order chi connectivity index (χ1) is 6.27. The molecular formula is C10H16O3. The van der Waals surface area contributed by atoms with Gasteiger partial charge in [0, 0.05) is 5.92 Å². The molecule has 0 aromatic heterocycles. The maximum absolute atomic E-state index is 11.0. The molecule has 3 heteroatoms. The minimum absolute atomic E-state index is 0.116. The fourth-order valence-electron chi connectivity index (χ4n) is 1.99. The molecule has 0 radical (unpaired) electrons. The summed E-state index contributed by atoms with van der Waals surface area (Å²) < 4.78 is 4.54. The zero-order valence-electron chi connectivity index (χ0n) is 7.99. The summed E-state index contributed by atoms with van der Waals surface area (Å²) in [5.41, 5.74) is 0. The van der Waals surface area contributed by atoms with Gasteiger partial charge in [-0.15, -0.1) is 0 Å². The van der Waals surface area contributed by atoms with Crippen molar-refractivity contribution in [1.82, 2.24) is 0 Å². The molecule has 0 aromatic rings. The van der Waals surface area contributed by atoms with Crippen molar-refractivity contribution in [2.24, 2.45) is 11.8 Å². The number of hydrogen-bond acceptors (Lipinski definition) is 3. The summed E-state index contributed by atoms with van der Waals surface area (Å²) in [6.07, 6.45) is 5.71. The fourth-order valence-corrected chi connectivity index (χ4v) is 1.99. The first kappa shape index (κ1) is 10.2. The van der Waals surface area contributed by atoms with Crippen LogP contribution in [0.25, 0.3) is 0 Å². The minimum atomic E-state index is -0.274. The summed E-state index contributed by atoms with van der Waals surface area (Å²) >= 11 is 0. The summed E-state index contributed by atoms with van der Waals surface area (Å²) in [6, 6.07) is 0. The van der Waals surface area contributed by atoms with Crippen LogP contribution in [0.3, 0.4) is 0 Å². The summed E-state index contributed by atoms with van der Waals surface area (Å²) in [6.45, 7) is 0. The largest absolute Gasteiger partial charge is 0.469 e.